The van der Waals surface area contributed by atoms with Gasteiger partial charge in [0.15, 0.2) is 0 Å². The molecule has 0 radical (unpaired) electrons. The molecule has 15 heavy (non-hydrogen) atoms. The summed E-state index contributed by atoms with van der Waals surface area (Å²) in [4.78, 5) is 0. The first kappa shape index (κ1) is 11.8. The van der Waals surface area contributed by atoms with Crippen LogP contribution < -0.4 is 10.5 Å². The average molecular weight is 219 g/mol. The van der Waals surface area contributed by atoms with Crippen LogP contribution in [-0.4, -0.2) is 12.7 Å². The highest BCUT2D eigenvalue weighted by Crippen LogP contribution is 2.19. The molecule has 0 aromatic heterocycles. The SMILES string of the molecule is CC(N)Cc1cc(F)cc(OC(F)F)c1. The summed E-state index contributed by atoms with van der Waals surface area (Å²) >= 11 is 0. The number of benzene rings is 1. The number of hydrogen-bond donors (Lipinski definition) is 1. The normalized spacial score (nSPS) is 12.9. The highest BCUT2D eigenvalue weighted by Gasteiger charge is 2.08. The smallest absolute Gasteiger partial charge is 0.387 e. The van der Waals surface area contributed by atoms with Crippen molar-refractivity contribution in [3.63, 3.8) is 0 Å². The molecule has 0 bridgehead atoms. The lowest BCUT2D eigenvalue weighted by Crippen LogP contribution is -2.18. The molecule has 1 rings (SSSR count). The summed E-state index contributed by atoms with van der Waals surface area (Å²) in [5.74, 6) is -0.788. The molecule has 0 heterocycles. The van der Waals surface area contributed by atoms with Crippen LogP contribution in [0.5, 0.6) is 5.75 Å². The molecule has 1 atom stereocenters. The standard InChI is InChI=1S/C10H12F3NO/c1-6(14)2-7-3-8(11)5-9(4-7)15-10(12)13/h3-6,10H,2,14H2,1H3. The quantitative estimate of drug-likeness (QED) is 0.843. The van der Waals surface area contributed by atoms with Crippen molar-refractivity contribution in [3.05, 3.63) is 29.6 Å². The Morgan fingerprint density at radius 2 is 2.00 bits per heavy atom. The number of halogens is 3. The van der Waals surface area contributed by atoms with Crippen LogP contribution in [-0.2, 0) is 6.42 Å². The Morgan fingerprint density at radius 3 is 2.53 bits per heavy atom. The number of nitrogens with two attached hydrogens (primary N) is 1. The maximum Gasteiger partial charge on any atom is 0.387 e. The molecule has 0 saturated carbocycles. The van der Waals surface area contributed by atoms with E-state index in [-0.39, 0.29) is 11.8 Å². The highest BCUT2D eigenvalue weighted by molar-refractivity contribution is 5.30. The first-order valence-electron chi connectivity index (χ1n) is 4.47. The van der Waals surface area contributed by atoms with Crippen molar-refractivity contribution in [2.45, 2.75) is 26.0 Å². The van der Waals surface area contributed by atoms with Crippen molar-refractivity contribution in [1.29, 1.82) is 0 Å². The summed E-state index contributed by atoms with van der Waals surface area (Å²) in [6, 6.07) is 3.36. The summed E-state index contributed by atoms with van der Waals surface area (Å²) < 4.78 is 40.8. The fraction of sp³-hybridized carbons (Fsp3) is 0.400. The number of hydrogen-bond acceptors (Lipinski definition) is 2. The molecule has 0 aliphatic heterocycles. The molecular weight excluding hydrogens is 207 g/mol. The van der Waals surface area contributed by atoms with Gasteiger partial charge >= 0.3 is 6.61 Å². The fourth-order valence-corrected chi connectivity index (χ4v) is 1.28. The highest BCUT2D eigenvalue weighted by atomic mass is 19.3. The molecule has 0 aliphatic carbocycles. The predicted octanol–water partition coefficient (Wildman–Crippen LogP) is 2.32. The van der Waals surface area contributed by atoms with E-state index in [4.69, 9.17) is 5.73 Å². The average Bonchev–Trinajstić information content (AvgIpc) is 1.98. The van der Waals surface area contributed by atoms with Gasteiger partial charge in [-0.1, -0.05) is 0 Å². The maximum atomic E-state index is 13.0. The third-order valence-corrected chi connectivity index (χ3v) is 1.71. The monoisotopic (exact) mass is 219 g/mol. The lowest BCUT2D eigenvalue weighted by atomic mass is 10.1. The van der Waals surface area contributed by atoms with Gasteiger partial charge in [-0.2, -0.15) is 8.78 Å². The van der Waals surface area contributed by atoms with Gasteiger partial charge in [0, 0.05) is 12.1 Å². The molecule has 0 aliphatic rings. The number of alkyl halides is 2. The Kier molecular flexibility index (Phi) is 3.96. The van der Waals surface area contributed by atoms with Crippen LogP contribution >= 0.6 is 0 Å². The first-order chi connectivity index (χ1) is 6.97. The van der Waals surface area contributed by atoms with E-state index < -0.39 is 12.4 Å². The second-order valence-electron chi connectivity index (χ2n) is 3.36. The summed E-state index contributed by atoms with van der Waals surface area (Å²) in [5, 5.41) is 0. The molecule has 0 amide bonds. The van der Waals surface area contributed by atoms with Crippen molar-refractivity contribution in [3.8, 4) is 5.75 Å². The van der Waals surface area contributed by atoms with Crippen molar-refractivity contribution >= 4 is 0 Å². The van der Waals surface area contributed by atoms with Crippen LogP contribution in [0, 0.1) is 5.82 Å². The lowest BCUT2D eigenvalue weighted by Gasteiger charge is -2.09. The van der Waals surface area contributed by atoms with Gasteiger partial charge in [-0.15, -0.1) is 0 Å². The molecule has 2 nitrogen and oxygen atoms in total. The van der Waals surface area contributed by atoms with E-state index in [2.05, 4.69) is 4.74 Å². The molecule has 1 aromatic carbocycles. The van der Waals surface area contributed by atoms with Gasteiger partial charge in [0.25, 0.3) is 0 Å². The van der Waals surface area contributed by atoms with Crippen LogP contribution in [0.4, 0.5) is 13.2 Å². The summed E-state index contributed by atoms with van der Waals surface area (Å²) in [5.41, 5.74) is 6.06. The molecule has 5 heteroatoms. The molecule has 2 N–H and O–H groups in total. The third-order valence-electron chi connectivity index (χ3n) is 1.71. The van der Waals surface area contributed by atoms with E-state index in [1.54, 1.807) is 6.92 Å². The van der Waals surface area contributed by atoms with Gasteiger partial charge in [0.2, 0.25) is 0 Å². The maximum absolute atomic E-state index is 13.0. The van der Waals surface area contributed by atoms with E-state index in [1.807, 2.05) is 0 Å². The molecule has 0 spiro atoms. The molecule has 1 aromatic rings. The lowest BCUT2D eigenvalue weighted by molar-refractivity contribution is -0.0500. The summed E-state index contributed by atoms with van der Waals surface area (Å²) in [7, 11) is 0. The first-order valence-corrected chi connectivity index (χ1v) is 4.47. The van der Waals surface area contributed by atoms with Gasteiger partial charge in [-0.25, -0.2) is 4.39 Å². The van der Waals surface area contributed by atoms with Gasteiger partial charge in [-0.3, -0.25) is 0 Å². The van der Waals surface area contributed by atoms with E-state index >= 15 is 0 Å². The largest absolute Gasteiger partial charge is 0.435 e. The Balaban J connectivity index is 2.84. The molecular formula is C10H12F3NO. The third kappa shape index (κ3) is 4.20. The van der Waals surface area contributed by atoms with Crippen LogP contribution in [0.1, 0.15) is 12.5 Å². The number of ether oxygens (including phenoxy) is 1. The zero-order valence-electron chi connectivity index (χ0n) is 8.21. The number of rotatable bonds is 4. The Labute approximate surface area is 85.8 Å². The van der Waals surface area contributed by atoms with Crippen molar-refractivity contribution in [2.75, 3.05) is 0 Å². The van der Waals surface area contributed by atoms with Crippen LogP contribution in [0.3, 0.4) is 0 Å². The van der Waals surface area contributed by atoms with Crippen LogP contribution in [0.2, 0.25) is 0 Å². The second kappa shape index (κ2) is 5.02. The van der Waals surface area contributed by atoms with Gasteiger partial charge in [0.1, 0.15) is 11.6 Å². The van der Waals surface area contributed by atoms with Gasteiger partial charge < -0.3 is 10.5 Å². The Hall–Kier alpha value is -1.23. The molecule has 0 fully saturated rings. The summed E-state index contributed by atoms with van der Waals surface area (Å²) in [6.07, 6.45) is 0.414. The van der Waals surface area contributed by atoms with Gasteiger partial charge in [0.05, 0.1) is 0 Å². The summed E-state index contributed by atoms with van der Waals surface area (Å²) in [6.45, 7) is -1.20. The Morgan fingerprint density at radius 1 is 1.33 bits per heavy atom. The minimum Gasteiger partial charge on any atom is -0.435 e. The minimum absolute atomic E-state index is 0.161. The van der Waals surface area contributed by atoms with E-state index in [0.29, 0.717) is 12.0 Å². The topological polar surface area (TPSA) is 35.2 Å². The van der Waals surface area contributed by atoms with Crippen LogP contribution in [0.25, 0.3) is 0 Å². The second-order valence-corrected chi connectivity index (χ2v) is 3.36. The van der Waals surface area contributed by atoms with Crippen molar-refractivity contribution < 1.29 is 17.9 Å². The van der Waals surface area contributed by atoms with E-state index in [9.17, 15) is 13.2 Å². The van der Waals surface area contributed by atoms with Crippen LogP contribution in [0.15, 0.2) is 18.2 Å². The molecule has 1 unspecified atom stereocenters. The van der Waals surface area contributed by atoms with Gasteiger partial charge in [-0.05, 0) is 31.0 Å². The van der Waals surface area contributed by atoms with Crippen molar-refractivity contribution in [2.24, 2.45) is 5.73 Å². The predicted molar refractivity (Wildman–Crippen MR) is 50.4 cm³/mol. The fourth-order valence-electron chi connectivity index (χ4n) is 1.28. The molecule has 84 valence electrons. The zero-order chi connectivity index (χ0) is 11.4. The van der Waals surface area contributed by atoms with E-state index in [0.717, 1.165) is 6.07 Å². The minimum atomic E-state index is -2.95. The Bertz CT molecular complexity index is 300. The zero-order valence-corrected chi connectivity index (χ0v) is 8.21. The molecule has 0 saturated heterocycles. The van der Waals surface area contributed by atoms with E-state index in [1.165, 1.54) is 12.1 Å². The van der Waals surface area contributed by atoms with Crippen molar-refractivity contribution in [1.82, 2.24) is 0 Å².